The third-order valence-electron chi connectivity index (χ3n) is 4.92. The van der Waals surface area contributed by atoms with Gasteiger partial charge in [-0.2, -0.15) is 0 Å². The summed E-state index contributed by atoms with van der Waals surface area (Å²) in [4.78, 5) is 11.3. The molecule has 0 bridgehead atoms. The van der Waals surface area contributed by atoms with Crippen molar-refractivity contribution in [3.8, 4) is 0 Å². The molecule has 0 aliphatic rings. The van der Waals surface area contributed by atoms with Gasteiger partial charge in [0.1, 0.15) is 11.6 Å². The summed E-state index contributed by atoms with van der Waals surface area (Å²) in [5.74, 6) is 2.23. The summed E-state index contributed by atoms with van der Waals surface area (Å²) in [6.07, 6.45) is 15.7. The molecular weight excluding hydrogens is 310 g/mol. The molecule has 5 heteroatoms. The molecule has 0 aliphatic heterocycles. The summed E-state index contributed by atoms with van der Waals surface area (Å²) >= 11 is 0. The summed E-state index contributed by atoms with van der Waals surface area (Å²) < 4.78 is 4.51. The molecule has 0 unspecified atom stereocenters. The van der Waals surface area contributed by atoms with Crippen molar-refractivity contribution in [3.05, 3.63) is 36.4 Å². The van der Waals surface area contributed by atoms with Gasteiger partial charge in [0.05, 0.1) is 0 Å². The van der Waals surface area contributed by atoms with Crippen molar-refractivity contribution in [2.24, 2.45) is 0 Å². The summed E-state index contributed by atoms with van der Waals surface area (Å²) in [5, 5.41) is 0. The molecule has 0 aromatic carbocycles. The Labute approximate surface area is 153 Å². The summed E-state index contributed by atoms with van der Waals surface area (Å²) in [6.45, 7) is 12.1. The van der Waals surface area contributed by atoms with Crippen LogP contribution in [0.15, 0.2) is 24.8 Å². The van der Waals surface area contributed by atoms with E-state index in [1.807, 2.05) is 12.4 Å². The summed E-state index contributed by atoms with van der Waals surface area (Å²) in [5.41, 5.74) is 0. The van der Waals surface area contributed by atoms with E-state index < -0.39 is 0 Å². The van der Waals surface area contributed by atoms with Crippen LogP contribution in [0.4, 0.5) is 0 Å². The van der Waals surface area contributed by atoms with Gasteiger partial charge in [0.15, 0.2) is 0 Å². The number of nitrogens with zero attached hydrogens (tertiary/aromatic N) is 5. The lowest BCUT2D eigenvalue weighted by Crippen LogP contribution is -2.28. The van der Waals surface area contributed by atoms with Gasteiger partial charge in [-0.3, -0.25) is 0 Å². The molecule has 2 rings (SSSR count). The van der Waals surface area contributed by atoms with Crippen LogP contribution in [0.5, 0.6) is 0 Å². The normalized spacial score (nSPS) is 11.5. The van der Waals surface area contributed by atoms with Crippen molar-refractivity contribution < 1.29 is 0 Å². The molecule has 0 amide bonds. The first-order valence-corrected chi connectivity index (χ1v) is 9.88. The monoisotopic (exact) mass is 345 g/mol. The molecule has 0 fully saturated rings. The smallest absolute Gasteiger partial charge is 0.105 e. The lowest BCUT2D eigenvalue weighted by molar-refractivity contribution is 0.251. The molecule has 2 aromatic heterocycles. The van der Waals surface area contributed by atoms with E-state index in [9.17, 15) is 0 Å². The van der Waals surface area contributed by atoms with Crippen LogP contribution in [0.1, 0.15) is 57.1 Å². The summed E-state index contributed by atoms with van der Waals surface area (Å²) in [7, 11) is 0. The van der Waals surface area contributed by atoms with Gasteiger partial charge in [-0.05, 0) is 52.7 Å². The number of hydrogen-bond donors (Lipinski definition) is 0. The van der Waals surface area contributed by atoms with Crippen molar-refractivity contribution in [2.45, 2.75) is 72.4 Å². The maximum atomic E-state index is 4.31. The van der Waals surface area contributed by atoms with Gasteiger partial charge in [0.2, 0.25) is 0 Å². The van der Waals surface area contributed by atoms with Crippen molar-refractivity contribution in [2.75, 3.05) is 19.6 Å². The zero-order chi connectivity index (χ0) is 17.9. The number of imidazole rings is 2. The van der Waals surface area contributed by atoms with Crippen LogP contribution >= 0.6 is 0 Å². The van der Waals surface area contributed by atoms with E-state index in [4.69, 9.17) is 0 Å². The van der Waals surface area contributed by atoms with Crippen LogP contribution in [-0.4, -0.2) is 43.6 Å². The van der Waals surface area contributed by atoms with Gasteiger partial charge in [-0.1, -0.05) is 26.2 Å². The van der Waals surface area contributed by atoms with Gasteiger partial charge in [-0.25, -0.2) is 9.97 Å². The zero-order valence-electron chi connectivity index (χ0n) is 16.3. The average Bonchev–Trinajstić information content (AvgIpc) is 3.20. The molecular formula is C20H35N5. The first-order chi connectivity index (χ1) is 12.2. The minimum absolute atomic E-state index is 1.07. The van der Waals surface area contributed by atoms with Crippen molar-refractivity contribution in [1.29, 1.82) is 0 Å². The van der Waals surface area contributed by atoms with Crippen LogP contribution in [0.2, 0.25) is 0 Å². The first-order valence-electron chi connectivity index (χ1n) is 9.88. The number of aromatic nitrogens is 4. The number of unbranched alkanes of at least 4 members (excludes halogenated alkanes) is 3. The minimum atomic E-state index is 1.07. The second-order valence-electron chi connectivity index (χ2n) is 6.95. The Morgan fingerprint density at radius 1 is 0.760 bits per heavy atom. The number of hydrogen-bond acceptors (Lipinski definition) is 3. The van der Waals surface area contributed by atoms with E-state index in [-0.39, 0.29) is 0 Å². The summed E-state index contributed by atoms with van der Waals surface area (Å²) in [6, 6.07) is 0. The lowest BCUT2D eigenvalue weighted by Gasteiger charge is -2.23. The average molecular weight is 346 g/mol. The Balaban J connectivity index is 1.73. The minimum Gasteiger partial charge on any atom is -0.335 e. The van der Waals surface area contributed by atoms with Gasteiger partial charge in [0, 0.05) is 37.9 Å². The fourth-order valence-corrected chi connectivity index (χ4v) is 3.31. The van der Waals surface area contributed by atoms with Gasteiger partial charge in [0.25, 0.3) is 0 Å². The quantitative estimate of drug-likeness (QED) is 0.514. The topological polar surface area (TPSA) is 38.9 Å². The maximum absolute atomic E-state index is 4.31. The molecule has 0 saturated carbocycles. The van der Waals surface area contributed by atoms with Gasteiger partial charge < -0.3 is 14.0 Å². The Hall–Kier alpha value is -1.62. The SMILES string of the molecule is CCCCCCN(CCCn1ccnc1C)CCCn1ccnc1C. The molecule has 0 spiro atoms. The highest BCUT2D eigenvalue weighted by Gasteiger charge is 2.06. The Morgan fingerprint density at radius 2 is 1.28 bits per heavy atom. The van der Waals surface area contributed by atoms with E-state index in [1.54, 1.807) is 0 Å². The van der Waals surface area contributed by atoms with Crippen LogP contribution in [0.25, 0.3) is 0 Å². The molecule has 0 aliphatic carbocycles. The largest absolute Gasteiger partial charge is 0.335 e. The highest BCUT2D eigenvalue weighted by Crippen LogP contribution is 2.06. The second-order valence-corrected chi connectivity index (χ2v) is 6.95. The van der Waals surface area contributed by atoms with E-state index in [2.05, 4.69) is 57.2 Å². The van der Waals surface area contributed by atoms with Crippen molar-refractivity contribution in [3.63, 3.8) is 0 Å². The fourth-order valence-electron chi connectivity index (χ4n) is 3.31. The molecule has 2 heterocycles. The van der Waals surface area contributed by atoms with Crippen LogP contribution < -0.4 is 0 Å². The predicted molar refractivity (Wildman–Crippen MR) is 104 cm³/mol. The molecule has 140 valence electrons. The van der Waals surface area contributed by atoms with E-state index >= 15 is 0 Å². The molecule has 0 atom stereocenters. The molecule has 2 aromatic rings. The maximum Gasteiger partial charge on any atom is 0.105 e. The zero-order valence-corrected chi connectivity index (χ0v) is 16.3. The Bertz CT molecular complexity index is 540. The number of rotatable bonds is 13. The lowest BCUT2D eigenvalue weighted by atomic mass is 10.2. The first kappa shape index (κ1) is 19.7. The van der Waals surface area contributed by atoms with Gasteiger partial charge >= 0.3 is 0 Å². The predicted octanol–water partition coefficient (Wildman–Crippen LogP) is 4.06. The van der Waals surface area contributed by atoms with Crippen molar-refractivity contribution >= 4 is 0 Å². The van der Waals surface area contributed by atoms with E-state index in [0.29, 0.717) is 0 Å². The second kappa shape index (κ2) is 11.1. The molecule has 0 saturated heterocycles. The third-order valence-corrected chi connectivity index (χ3v) is 4.92. The third kappa shape index (κ3) is 7.02. The van der Waals surface area contributed by atoms with E-state index in [0.717, 1.165) is 24.7 Å². The standard InChI is InChI=1S/C20H35N5/c1-4-5-6-7-12-23(13-8-15-24-17-10-21-19(24)2)14-9-16-25-18-11-22-20(25)3/h10-11,17-18H,4-9,12-16H2,1-3H3. The molecule has 0 N–H and O–H groups in total. The highest BCUT2D eigenvalue weighted by molar-refractivity contribution is 4.89. The van der Waals surface area contributed by atoms with Gasteiger partial charge in [-0.15, -0.1) is 0 Å². The Morgan fingerprint density at radius 3 is 1.72 bits per heavy atom. The Kier molecular flexibility index (Phi) is 8.73. The molecule has 0 radical (unpaired) electrons. The van der Waals surface area contributed by atoms with Crippen LogP contribution in [-0.2, 0) is 13.1 Å². The van der Waals surface area contributed by atoms with Crippen LogP contribution in [0, 0.1) is 13.8 Å². The number of aryl methyl sites for hydroxylation is 4. The molecule has 5 nitrogen and oxygen atoms in total. The van der Waals surface area contributed by atoms with Crippen molar-refractivity contribution in [1.82, 2.24) is 24.0 Å². The highest BCUT2D eigenvalue weighted by atomic mass is 15.1. The fraction of sp³-hybridized carbons (Fsp3) is 0.700. The van der Waals surface area contributed by atoms with Crippen LogP contribution in [0.3, 0.4) is 0 Å². The molecule has 25 heavy (non-hydrogen) atoms. The van der Waals surface area contributed by atoms with E-state index in [1.165, 1.54) is 58.2 Å².